The van der Waals surface area contributed by atoms with E-state index in [1.54, 1.807) is 6.20 Å². The smallest absolute Gasteiger partial charge is 0.194 e. The number of hydrogen-bond acceptors (Lipinski definition) is 3. The number of rotatable bonds is 8. The first-order chi connectivity index (χ1) is 12.3. The van der Waals surface area contributed by atoms with Gasteiger partial charge in [-0.25, -0.2) is 0 Å². The van der Waals surface area contributed by atoms with E-state index in [1.165, 1.54) is 19.3 Å². The highest BCUT2D eigenvalue weighted by Crippen LogP contribution is 2.18. The molecule has 0 aliphatic rings. The Labute approximate surface area is 148 Å². The highest BCUT2D eigenvalue weighted by molar-refractivity contribution is 6.10. The fraction of sp³-hybridized carbons (Fsp3) is 0.273. The number of benzene rings is 2. The lowest BCUT2D eigenvalue weighted by Crippen LogP contribution is -2.03. The highest BCUT2D eigenvalue weighted by Gasteiger charge is 2.10. The van der Waals surface area contributed by atoms with Crippen molar-refractivity contribution in [3.8, 4) is 5.75 Å². The summed E-state index contributed by atoms with van der Waals surface area (Å²) >= 11 is 0. The quantitative estimate of drug-likeness (QED) is 0.408. The Balaban J connectivity index is 1.65. The summed E-state index contributed by atoms with van der Waals surface area (Å²) < 4.78 is 5.73. The van der Waals surface area contributed by atoms with Gasteiger partial charge in [0, 0.05) is 22.7 Å². The Morgan fingerprint density at radius 3 is 2.56 bits per heavy atom. The molecule has 0 fully saturated rings. The normalized spacial score (nSPS) is 10.8. The molecule has 0 bridgehead atoms. The summed E-state index contributed by atoms with van der Waals surface area (Å²) in [5.74, 6) is 0.789. The summed E-state index contributed by atoms with van der Waals surface area (Å²) in [6.45, 7) is 2.92. The average Bonchev–Trinajstić information content (AvgIpc) is 2.67. The number of ketones is 1. The van der Waals surface area contributed by atoms with Crippen molar-refractivity contribution in [2.45, 2.75) is 32.6 Å². The monoisotopic (exact) mass is 333 g/mol. The van der Waals surface area contributed by atoms with Crippen molar-refractivity contribution in [2.24, 2.45) is 0 Å². The van der Waals surface area contributed by atoms with Crippen LogP contribution < -0.4 is 4.74 Å². The lowest BCUT2D eigenvalue weighted by Gasteiger charge is -2.07. The highest BCUT2D eigenvalue weighted by atomic mass is 16.5. The van der Waals surface area contributed by atoms with E-state index in [0.29, 0.717) is 11.1 Å². The minimum atomic E-state index is -0.0206. The van der Waals surface area contributed by atoms with Crippen molar-refractivity contribution in [1.82, 2.24) is 4.98 Å². The molecule has 0 N–H and O–H groups in total. The zero-order valence-electron chi connectivity index (χ0n) is 14.6. The molecule has 0 spiro atoms. The Morgan fingerprint density at radius 2 is 1.76 bits per heavy atom. The molecule has 3 heteroatoms. The Morgan fingerprint density at radius 1 is 0.960 bits per heavy atom. The van der Waals surface area contributed by atoms with Gasteiger partial charge < -0.3 is 4.74 Å². The Kier molecular flexibility index (Phi) is 5.78. The summed E-state index contributed by atoms with van der Waals surface area (Å²) in [5, 5.41) is 0.973. The van der Waals surface area contributed by atoms with Gasteiger partial charge in [0.05, 0.1) is 12.1 Å². The molecule has 0 unspecified atom stereocenters. The maximum Gasteiger partial charge on any atom is 0.194 e. The lowest BCUT2D eigenvalue weighted by atomic mass is 10.0. The topological polar surface area (TPSA) is 39.2 Å². The Hall–Kier alpha value is -2.68. The first-order valence-electron chi connectivity index (χ1n) is 8.90. The molecular formula is C22H23NO2. The van der Waals surface area contributed by atoms with E-state index < -0.39 is 0 Å². The van der Waals surface area contributed by atoms with Crippen LogP contribution in [0.25, 0.3) is 10.9 Å². The Bertz CT molecular complexity index is 840. The third-order valence-electron chi connectivity index (χ3n) is 4.24. The molecular weight excluding hydrogens is 310 g/mol. The van der Waals surface area contributed by atoms with E-state index in [9.17, 15) is 4.79 Å². The minimum absolute atomic E-state index is 0.0206. The van der Waals surface area contributed by atoms with Crippen molar-refractivity contribution in [1.29, 1.82) is 0 Å². The first-order valence-corrected chi connectivity index (χ1v) is 8.90. The molecule has 1 heterocycles. The van der Waals surface area contributed by atoms with Crippen LogP contribution >= 0.6 is 0 Å². The van der Waals surface area contributed by atoms with E-state index in [4.69, 9.17) is 4.74 Å². The molecule has 1 aromatic heterocycles. The van der Waals surface area contributed by atoms with Gasteiger partial charge in [-0.15, -0.1) is 0 Å². The molecule has 3 rings (SSSR count). The average molecular weight is 333 g/mol. The maximum absolute atomic E-state index is 12.7. The van der Waals surface area contributed by atoms with Gasteiger partial charge in [-0.1, -0.05) is 44.4 Å². The van der Waals surface area contributed by atoms with Crippen LogP contribution in [0, 0.1) is 0 Å². The second kappa shape index (κ2) is 8.43. The number of aromatic nitrogens is 1. The van der Waals surface area contributed by atoms with Crippen LogP contribution in [0.1, 0.15) is 48.5 Å². The van der Waals surface area contributed by atoms with Crippen molar-refractivity contribution >= 4 is 16.7 Å². The second-order valence-electron chi connectivity index (χ2n) is 6.18. The molecule has 0 atom stereocenters. The SMILES string of the molecule is CCCCCCOc1ccc(C(=O)c2cnc3ccccc3c2)cc1. The van der Waals surface area contributed by atoms with Gasteiger partial charge in [0.2, 0.25) is 0 Å². The van der Waals surface area contributed by atoms with Crippen LogP contribution in [0.5, 0.6) is 5.75 Å². The third-order valence-corrected chi connectivity index (χ3v) is 4.24. The number of carbonyl (C=O) groups is 1. The van der Waals surface area contributed by atoms with E-state index >= 15 is 0 Å². The van der Waals surface area contributed by atoms with Crippen LogP contribution in [-0.4, -0.2) is 17.4 Å². The van der Waals surface area contributed by atoms with Gasteiger partial charge in [-0.3, -0.25) is 9.78 Å². The summed E-state index contributed by atoms with van der Waals surface area (Å²) in [5.41, 5.74) is 2.15. The first kappa shape index (κ1) is 17.2. The number of pyridine rings is 1. The molecule has 3 nitrogen and oxygen atoms in total. The van der Waals surface area contributed by atoms with Gasteiger partial charge in [-0.05, 0) is 42.8 Å². The van der Waals surface area contributed by atoms with Crippen LogP contribution in [0.3, 0.4) is 0 Å². The fourth-order valence-corrected chi connectivity index (χ4v) is 2.78. The number of ether oxygens (including phenoxy) is 1. The largest absolute Gasteiger partial charge is 0.494 e. The number of hydrogen-bond donors (Lipinski definition) is 0. The predicted octanol–water partition coefficient (Wildman–Crippen LogP) is 5.42. The molecule has 0 aliphatic carbocycles. The maximum atomic E-state index is 12.7. The lowest BCUT2D eigenvalue weighted by molar-refractivity contribution is 0.103. The molecule has 2 aromatic carbocycles. The van der Waals surface area contributed by atoms with Gasteiger partial charge in [-0.2, -0.15) is 0 Å². The minimum Gasteiger partial charge on any atom is -0.494 e. The standard InChI is InChI=1S/C22H23NO2/c1-2-3-4-7-14-25-20-12-10-17(11-13-20)22(24)19-15-18-8-5-6-9-21(18)23-16-19/h5-6,8-13,15-16H,2-4,7,14H2,1H3. The van der Waals surface area contributed by atoms with Gasteiger partial charge in [0.25, 0.3) is 0 Å². The van der Waals surface area contributed by atoms with E-state index in [2.05, 4.69) is 11.9 Å². The van der Waals surface area contributed by atoms with Gasteiger partial charge in [0.15, 0.2) is 5.78 Å². The number of para-hydroxylation sites is 1. The number of nitrogens with zero attached hydrogens (tertiary/aromatic N) is 1. The molecule has 25 heavy (non-hydrogen) atoms. The molecule has 0 saturated carbocycles. The molecule has 0 saturated heterocycles. The van der Waals surface area contributed by atoms with E-state index in [0.717, 1.165) is 29.7 Å². The van der Waals surface area contributed by atoms with Crippen molar-refractivity contribution < 1.29 is 9.53 Å². The van der Waals surface area contributed by atoms with Crippen LogP contribution in [-0.2, 0) is 0 Å². The molecule has 3 aromatic rings. The zero-order chi connectivity index (χ0) is 17.5. The van der Waals surface area contributed by atoms with Gasteiger partial charge in [0.1, 0.15) is 5.75 Å². The second-order valence-corrected chi connectivity index (χ2v) is 6.18. The molecule has 128 valence electrons. The van der Waals surface area contributed by atoms with Crippen LogP contribution in [0.2, 0.25) is 0 Å². The summed E-state index contributed by atoms with van der Waals surface area (Å²) in [6, 6.07) is 17.1. The summed E-state index contributed by atoms with van der Waals surface area (Å²) in [4.78, 5) is 17.0. The van der Waals surface area contributed by atoms with Crippen molar-refractivity contribution in [2.75, 3.05) is 6.61 Å². The summed E-state index contributed by atoms with van der Waals surface area (Å²) in [6.07, 6.45) is 6.37. The van der Waals surface area contributed by atoms with Crippen molar-refractivity contribution in [3.05, 3.63) is 71.9 Å². The van der Waals surface area contributed by atoms with Crippen LogP contribution in [0.15, 0.2) is 60.8 Å². The molecule has 0 aliphatic heterocycles. The van der Waals surface area contributed by atoms with E-state index in [-0.39, 0.29) is 5.78 Å². The third kappa shape index (κ3) is 4.44. The van der Waals surface area contributed by atoms with Crippen LogP contribution in [0.4, 0.5) is 0 Å². The fourth-order valence-electron chi connectivity index (χ4n) is 2.78. The van der Waals surface area contributed by atoms with Crippen molar-refractivity contribution in [3.63, 3.8) is 0 Å². The van der Waals surface area contributed by atoms with Gasteiger partial charge >= 0.3 is 0 Å². The summed E-state index contributed by atoms with van der Waals surface area (Å²) in [7, 11) is 0. The van der Waals surface area contributed by atoms with E-state index in [1.807, 2.05) is 54.6 Å². The number of fused-ring (bicyclic) bond motifs is 1. The number of unbranched alkanes of at least 4 members (excludes halogenated alkanes) is 3. The number of carbonyl (C=O) groups excluding carboxylic acids is 1. The molecule has 0 radical (unpaired) electrons. The zero-order valence-corrected chi connectivity index (χ0v) is 14.6. The molecule has 0 amide bonds. The predicted molar refractivity (Wildman–Crippen MR) is 101 cm³/mol.